The fourth-order valence-corrected chi connectivity index (χ4v) is 3.92. The molecule has 1 N–H and O–H groups in total. The van der Waals surface area contributed by atoms with Gasteiger partial charge in [-0.1, -0.05) is 6.07 Å². The molecule has 2 aromatic carbocycles. The van der Waals surface area contributed by atoms with Crippen LogP contribution in [0.4, 0.5) is 20.2 Å². The van der Waals surface area contributed by atoms with Crippen LogP contribution in [0.5, 0.6) is 5.75 Å². The number of halogens is 2. The fourth-order valence-electron chi connectivity index (χ4n) is 3.92. The zero-order chi connectivity index (χ0) is 24.2. The lowest BCUT2D eigenvalue weighted by molar-refractivity contribution is 0.102. The van der Waals surface area contributed by atoms with Gasteiger partial charge in [-0.3, -0.25) is 9.59 Å². The number of amides is 1. The second kappa shape index (κ2) is 9.75. The standard InChI is InChI=1S/C25H22F2N4O3/c1-30-11-3-4-18(25(30)33)24(32)29-21-14-16(15-28)7-8-22(21)31-12-9-17(10-13-31)34-23-19(26)5-2-6-20(23)27/h2-8,11,14,17H,9-10,12-13H2,1H3,(H,29,32). The Labute approximate surface area is 194 Å². The van der Waals surface area contributed by atoms with E-state index in [0.717, 1.165) is 12.1 Å². The number of carbonyl (C=O) groups is 1. The van der Waals surface area contributed by atoms with Crippen LogP contribution in [0.2, 0.25) is 0 Å². The number of nitrogens with zero attached hydrogens (tertiary/aromatic N) is 3. The summed E-state index contributed by atoms with van der Waals surface area (Å²) >= 11 is 0. The number of nitriles is 1. The van der Waals surface area contributed by atoms with E-state index < -0.39 is 23.1 Å². The summed E-state index contributed by atoms with van der Waals surface area (Å²) < 4.78 is 34.7. The molecule has 0 radical (unpaired) electrons. The zero-order valence-corrected chi connectivity index (χ0v) is 18.4. The molecule has 0 saturated carbocycles. The van der Waals surface area contributed by atoms with Gasteiger partial charge in [0, 0.05) is 39.2 Å². The van der Waals surface area contributed by atoms with Crippen LogP contribution in [0, 0.1) is 23.0 Å². The number of hydrogen-bond donors (Lipinski definition) is 1. The summed E-state index contributed by atoms with van der Waals surface area (Å²) in [4.78, 5) is 27.1. The van der Waals surface area contributed by atoms with Gasteiger partial charge in [-0.05, 0) is 42.5 Å². The maximum absolute atomic E-state index is 13.9. The summed E-state index contributed by atoms with van der Waals surface area (Å²) in [6, 6.07) is 13.6. The highest BCUT2D eigenvalue weighted by Crippen LogP contribution is 2.32. The van der Waals surface area contributed by atoms with E-state index in [1.54, 1.807) is 37.5 Å². The summed E-state index contributed by atoms with van der Waals surface area (Å²) in [7, 11) is 1.56. The lowest BCUT2D eigenvalue weighted by Crippen LogP contribution is -2.39. The molecule has 1 amide bonds. The lowest BCUT2D eigenvalue weighted by Gasteiger charge is -2.35. The van der Waals surface area contributed by atoms with Crippen molar-refractivity contribution in [3.8, 4) is 11.8 Å². The van der Waals surface area contributed by atoms with Crippen molar-refractivity contribution in [3.05, 3.63) is 87.8 Å². The number of anilines is 2. The van der Waals surface area contributed by atoms with Crippen LogP contribution >= 0.6 is 0 Å². The third-order valence-corrected chi connectivity index (χ3v) is 5.73. The van der Waals surface area contributed by atoms with E-state index in [1.165, 1.54) is 16.7 Å². The van der Waals surface area contributed by atoms with Crippen molar-refractivity contribution < 1.29 is 18.3 Å². The molecule has 0 unspecified atom stereocenters. The summed E-state index contributed by atoms with van der Waals surface area (Å²) in [5, 5.41) is 12.1. The average Bonchev–Trinajstić information content (AvgIpc) is 2.83. The third-order valence-electron chi connectivity index (χ3n) is 5.73. The van der Waals surface area contributed by atoms with Gasteiger partial charge in [0.1, 0.15) is 11.7 Å². The number of pyridine rings is 1. The zero-order valence-electron chi connectivity index (χ0n) is 18.4. The molecule has 0 atom stereocenters. The van der Waals surface area contributed by atoms with Crippen molar-refractivity contribution in [1.82, 2.24) is 4.57 Å². The first-order valence-electron chi connectivity index (χ1n) is 10.7. The third kappa shape index (κ3) is 4.76. The van der Waals surface area contributed by atoms with Crippen molar-refractivity contribution in [1.29, 1.82) is 5.26 Å². The molecule has 1 aromatic heterocycles. The maximum Gasteiger partial charge on any atom is 0.263 e. The van der Waals surface area contributed by atoms with E-state index in [-0.39, 0.29) is 17.4 Å². The van der Waals surface area contributed by atoms with Gasteiger partial charge in [0.2, 0.25) is 0 Å². The second-order valence-electron chi connectivity index (χ2n) is 7.99. The molecule has 0 bridgehead atoms. The topological polar surface area (TPSA) is 87.4 Å². The van der Waals surface area contributed by atoms with Gasteiger partial charge < -0.3 is 19.5 Å². The average molecular weight is 464 g/mol. The van der Waals surface area contributed by atoms with Gasteiger partial charge in [-0.15, -0.1) is 0 Å². The van der Waals surface area contributed by atoms with Crippen LogP contribution in [0.1, 0.15) is 28.8 Å². The molecule has 1 fully saturated rings. The summed E-state index contributed by atoms with van der Waals surface area (Å²) in [5.74, 6) is -2.44. The first-order valence-corrected chi connectivity index (χ1v) is 10.7. The molecular formula is C25H22F2N4O3. The molecule has 174 valence electrons. The minimum atomic E-state index is -0.744. The van der Waals surface area contributed by atoms with Crippen LogP contribution in [0.25, 0.3) is 0 Å². The molecule has 2 heterocycles. The predicted molar refractivity (Wildman–Crippen MR) is 123 cm³/mol. The number of piperidine rings is 1. The lowest BCUT2D eigenvalue weighted by atomic mass is 10.1. The smallest absolute Gasteiger partial charge is 0.263 e. The van der Waals surface area contributed by atoms with E-state index in [1.807, 2.05) is 11.0 Å². The van der Waals surface area contributed by atoms with Gasteiger partial charge >= 0.3 is 0 Å². The fraction of sp³-hybridized carbons (Fsp3) is 0.240. The predicted octanol–water partition coefficient (Wildman–Crippen LogP) is 3.84. The Balaban J connectivity index is 1.51. The molecule has 34 heavy (non-hydrogen) atoms. The summed E-state index contributed by atoms with van der Waals surface area (Å²) in [6.45, 7) is 1.01. The normalized spacial score (nSPS) is 13.9. The highest BCUT2D eigenvalue weighted by Gasteiger charge is 2.25. The summed E-state index contributed by atoms with van der Waals surface area (Å²) in [6.07, 6.45) is 2.19. The monoisotopic (exact) mass is 464 g/mol. The maximum atomic E-state index is 13.9. The van der Waals surface area contributed by atoms with Crippen molar-refractivity contribution in [3.63, 3.8) is 0 Å². The van der Waals surface area contributed by atoms with E-state index in [0.29, 0.717) is 42.9 Å². The van der Waals surface area contributed by atoms with E-state index in [4.69, 9.17) is 4.74 Å². The Bertz CT molecular complexity index is 1300. The molecule has 0 spiro atoms. The molecule has 1 saturated heterocycles. The number of para-hydroxylation sites is 1. The molecule has 1 aliphatic heterocycles. The minimum absolute atomic E-state index is 0.0164. The first-order chi connectivity index (χ1) is 16.4. The number of hydrogen-bond acceptors (Lipinski definition) is 5. The van der Waals surface area contributed by atoms with Crippen molar-refractivity contribution >= 4 is 17.3 Å². The van der Waals surface area contributed by atoms with Crippen LogP contribution in [-0.2, 0) is 7.05 Å². The largest absolute Gasteiger partial charge is 0.484 e. The van der Waals surface area contributed by atoms with Gasteiger partial charge in [0.15, 0.2) is 17.4 Å². The van der Waals surface area contributed by atoms with E-state index in [2.05, 4.69) is 5.32 Å². The Morgan fingerprint density at radius 1 is 1.12 bits per heavy atom. The number of carbonyl (C=O) groups excluding carboxylic acids is 1. The Morgan fingerprint density at radius 2 is 1.82 bits per heavy atom. The minimum Gasteiger partial charge on any atom is -0.484 e. The van der Waals surface area contributed by atoms with Gasteiger partial charge in [0.25, 0.3) is 11.5 Å². The Kier molecular flexibility index (Phi) is 6.59. The van der Waals surface area contributed by atoms with Gasteiger partial charge in [-0.25, -0.2) is 8.78 Å². The molecule has 4 rings (SSSR count). The second-order valence-corrected chi connectivity index (χ2v) is 7.99. The Morgan fingerprint density at radius 3 is 2.50 bits per heavy atom. The molecule has 1 aliphatic rings. The van der Waals surface area contributed by atoms with E-state index in [9.17, 15) is 23.6 Å². The number of rotatable bonds is 5. The van der Waals surface area contributed by atoms with Crippen molar-refractivity contribution in [2.45, 2.75) is 18.9 Å². The molecule has 0 aliphatic carbocycles. The van der Waals surface area contributed by atoms with Crippen LogP contribution in [0.15, 0.2) is 59.5 Å². The number of nitrogens with one attached hydrogen (secondary N) is 1. The quantitative estimate of drug-likeness (QED) is 0.620. The summed E-state index contributed by atoms with van der Waals surface area (Å²) in [5.41, 5.74) is 0.979. The SMILES string of the molecule is Cn1cccc(C(=O)Nc2cc(C#N)ccc2N2CCC(Oc3c(F)cccc3F)CC2)c1=O. The van der Waals surface area contributed by atoms with Crippen LogP contribution < -0.4 is 20.5 Å². The van der Waals surface area contributed by atoms with Gasteiger partial charge in [0.05, 0.1) is 23.0 Å². The van der Waals surface area contributed by atoms with Crippen LogP contribution in [0.3, 0.4) is 0 Å². The number of benzene rings is 2. The highest BCUT2D eigenvalue weighted by atomic mass is 19.1. The molecule has 9 heteroatoms. The van der Waals surface area contributed by atoms with Crippen LogP contribution in [-0.4, -0.2) is 29.7 Å². The number of aromatic nitrogens is 1. The van der Waals surface area contributed by atoms with Crippen molar-refractivity contribution in [2.75, 3.05) is 23.3 Å². The molecule has 3 aromatic rings. The first kappa shape index (κ1) is 23.0. The Hall–Kier alpha value is -4.19. The number of ether oxygens (including phenoxy) is 1. The van der Waals surface area contributed by atoms with E-state index >= 15 is 0 Å². The molecule has 7 nitrogen and oxygen atoms in total. The van der Waals surface area contributed by atoms with Gasteiger partial charge in [-0.2, -0.15) is 5.26 Å². The number of aryl methyl sites for hydroxylation is 1. The highest BCUT2D eigenvalue weighted by molar-refractivity contribution is 6.05. The molecular weight excluding hydrogens is 442 g/mol. The van der Waals surface area contributed by atoms with Crippen molar-refractivity contribution in [2.24, 2.45) is 7.05 Å².